The molecule has 0 N–H and O–H groups in total. The van der Waals surface area contributed by atoms with E-state index in [2.05, 4.69) is 189 Å². The van der Waals surface area contributed by atoms with Crippen molar-refractivity contribution < 1.29 is 0 Å². The summed E-state index contributed by atoms with van der Waals surface area (Å²) in [5, 5.41) is 0. The van der Waals surface area contributed by atoms with E-state index < -0.39 is 105 Å². The van der Waals surface area contributed by atoms with Crippen LogP contribution in [0.4, 0.5) is 0 Å². The molecule has 0 radical (unpaired) electrons. The first-order chi connectivity index (χ1) is 65.5. The predicted octanol–water partition coefficient (Wildman–Crippen LogP) is 50.5. The molecule has 0 aromatic heterocycles. The van der Waals surface area contributed by atoms with Crippen LogP contribution >= 0.6 is 0 Å². The molecular weight excluding hydrogens is 1850 g/mol. The van der Waals surface area contributed by atoms with E-state index in [0.29, 0.717) is 0 Å². The smallest absolute Gasteiger partial charge is 0.0535 e. The molecule has 13 heteroatoms. The van der Waals surface area contributed by atoms with E-state index in [9.17, 15) is 0 Å². The van der Waals surface area contributed by atoms with Crippen LogP contribution in [0, 0.1) is 0 Å². The van der Waals surface area contributed by atoms with E-state index in [1.54, 1.807) is 396 Å². The Morgan fingerprint density at radius 1 is 0.0730 bits per heavy atom. The summed E-state index contributed by atoms with van der Waals surface area (Å²) >= 11 is 0. The van der Waals surface area contributed by atoms with Crippen LogP contribution in [0.1, 0.15) is 470 Å². The Bertz CT molecular complexity index is 2080. The van der Waals surface area contributed by atoms with Gasteiger partial charge in [-0.15, -0.1) is 0 Å². The zero-order chi connectivity index (χ0) is 102. The minimum absolute atomic E-state index is 1.18. The van der Waals surface area contributed by atoms with E-state index in [0.717, 1.165) is 0 Å². The fourth-order valence-corrected chi connectivity index (χ4v) is 83.8. The molecule has 0 aliphatic carbocycles. The van der Waals surface area contributed by atoms with Gasteiger partial charge in [0, 0.05) is 0 Å². The average molecular weight is 2130 g/mol. The van der Waals surface area contributed by atoms with Gasteiger partial charge < -0.3 is 0 Å². The molecule has 0 bridgehead atoms. The minimum Gasteiger partial charge on any atom is -0.0691 e. The molecule has 0 unspecified atom stereocenters. The normalized spacial score (nSPS) is 13.6. The average Bonchev–Trinajstić information content (AvgIpc) is 0.847. The molecule has 0 amide bonds. The summed E-state index contributed by atoms with van der Waals surface area (Å²) < 4.78 is 0. The Labute approximate surface area is 888 Å². The van der Waals surface area contributed by atoms with Crippen molar-refractivity contribution in [1.29, 1.82) is 0 Å². The van der Waals surface area contributed by atoms with Gasteiger partial charge in [0.05, 0.1) is 105 Å². The van der Waals surface area contributed by atoms with Crippen LogP contribution in [0.15, 0.2) is 0 Å². The maximum atomic E-state index is 3.08. The first kappa shape index (κ1) is 140. The van der Waals surface area contributed by atoms with Crippen molar-refractivity contribution in [2.75, 3.05) is 0 Å². The molecule has 0 aromatic carbocycles. The number of hydrogen-bond donors (Lipinski definition) is 0. The van der Waals surface area contributed by atoms with Gasteiger partial charge in [-0.2, -0.15) is 0 Å². The molecule has 0 aromatic rings. The lowest BCUT2D eigenvalue weighted by Gasteiger charge is -2.36. The quantitative estimate of drug-likeness (QED) is 0.0421. The van der Waals surface area contributed by atoms with Crippen molar-refractivity contribution in [3.8, 4) is 0 Å². The van der Waals surface area contributed by atoms with Crippen molar-refractivity contribution in [3.63, 3.8) is 0 Å². The van der Waals surface area contributed by atoms with Gasteiger partial charge in [0.2, 0.25) is 0 Å². The lowest BCUT2D eigenvalue weighted by molar-refractivity contribution is 0.733. The standard InChI is InChI=1S/C124H276Si13/c1-29-45-85-125(17,86-46-30-2)101-61-69-109-133(25,110-70-62-102-126(18,87-47-31-3)88-48-32-4)117-77-81-121-137(122-82-78-118-134(26,111-71-63-103-127(19,89-49-33-5)90-50-34-6)112-72-64-104-128(20,91-51-35-7)92-52-36-8,123-83-79-119-135(27,113-73-65-105-129(21,93-53-37-9)94-54-38-10)114-74-66-106-130(22,95-55-39-11)96-56-40-12)124-84-80-120-136(28,115-75-67-107-131(23,97-57-41-13)98-58-42-14)116-76-68-108-132(24,99-59-43-15)100-60-44-16/h29-124H2,1-28H3. The maximum Gasteiger partial charge on any atom is 0.0535 e. The Balaban J connectivity index is 9.00. The van der Waals surface area contributed by atoms with Crippen LogP contribution in [0.5, 0.6) is 0 Å². The third-order valence-corrected chi connectivity index (χ3v) is 101. The fraction of sp³-hybridized carbons (Fsp3) is 1.00. The topological polar surface area (TPSA) is 0 Å². The van der Waals surface area contributed by atoms with Gasteiger partial charge in [0.1, 0.15) is 0 Å². The lowest BCUT2D eigenvalue weighted by atomic mass is 10.3. The van der Waals surface area contributed by atoms with Crippen molar-refractivity contribution in [2.24, 2.45) is 0 Å². The molecule has 0 aliphatic rings. The second-order valence-electron chi connectivity index (χ2n) is 55.4. The first-order valence-corrected chi connectivity index (χ1v) is 106. The number of unbranched alkanes of at least 4 members (excludes halogenated alkanes) is 28. The summed E-state index contributed by atoms with van der Waals surface area (Å²) in [5.41, 5.74) is 0. The summed E-state index contributed by atoms with van der Waals surface area (Å²) in [4.78, 5) is 0. The van der Waals surface area contributed by atoms with E-state index in [1.807, 2.05) is 0 Å². The van der Waals surface area contributed by atoms with Gasteiger partial charge in [-0.05, 0) is 0 Å². The van der Waals surface area contributed by atoms with Crippen LogP contribution in [0.25, 0.3) is 0 Å². The summed E-state index contributed by atoms with van der Waals surface area (Å²) in [5.74, 6) is 0. The number of hydrogen-bond acceptors (Lipinski definition) is 0. The van der Waals surface area contributed by atoms with Crippen LogP contribution in [-0.4, -0.2) is 105 Å². The summed E-state index contributed by atoms with van der Waals surface area (Å²) in [6.45, 7) is 75.2. The van der Waals surface area contributed by atoms with Crippen LogP contribution in [-0.2, 0) is 0 Å². The van der Waals surface area contributed by atoms with Gasteiger partial charge in [-0.1, -0.05) is 791 Å². The second kappa shape index (κ2) is 84.3. The predicted molar refractivity (Wildman–Crippen MR) is 687 cm³/mol. The Kier molecular flexibility index (Phi) is 86.1. The van der Waals surface area contributed by atoms with Gasteiger partial charge in [-0.25, -0.2) is 0 Å². The maximum absolute atomic E-state index is 3.08. The molecule has 0 atom stereocenters. The molecule has 0 rings (SSSR count). The highest BCUT2D eigenvalue weighted by atomic mass is 28.4. The highest BCUT2D eigenvalue weighted by Gasteiger charge is 2.40. The molecule has 0 spiro atoms. The Morgan fingerprint density at radius 2 is 0.124 bits per heavy atom. The molecule has 0 saturated heterocycles. The second-order valence-corrected chi connectivity index (χ2v) is 122. The third kappa shape index (κ3) is 71.4. The molecule has 0 nitrogen and oxygen atoms in total. The molecule has 0 saturated carbocycles. The molecule has 824 valence electrons. The monoisotopic (exact) mass is 2130 g/mol. The number of rotatable bonds is 108. The van der Waals surface area contributed by atoms with Crippen LogP contribution < -0.4 is 0 Å². The lowest BCUT2D eigenvalue weighted by Crippen LogP contribution is -2.36. The summed E-state index contributed by atoms with van der Waals surface area (Å²) in [6, 6.07) is 66.0. The van der Waals surface area contributed by atoms with Crippen molar-refractivity contribution in [2.45, 2.75) is 791 Å². The van der Waals surface area contributed by atoms with Crippen LogP contribution in [0.3, 0.4) is 0 Å². The molecule has 0 heterocycles. The summed E-state index contributed by atoms with van der Waals surface area (Å²) in [6.07, 6.45) is 84.8. The fourth-order valence-electron chi connectivity index (χ4n) is 27.9. The SMILES string of the molecule is CCCC[Si](C)(CCCC)CCCC[Si](C)(CCCC[Si](C)(CCCC)CCCC)CCCC[Si](CCCC[Si](C)(CCCC[Si](C)(CCCC)CCCC)CCCC[Si](C)(CCCC)CCCC)(CCCC[Si](C)(CCCC[Si](C)(CCCC)CCCC)CCCC[Si](C)(CCCC)CCCC)CCCC[Si](C)(CCCC[Si](C)(CCCC)CCCC)CCCC[Si](C)(CCCC)CCCC. The van der Waals surface area contributed by atoms with E-state index in [4.69, 9.17) is 0 Å². The van der Waals surface area contributed by atoms with Gasteiger partial charge >= 0.3 is 0 Å². The van der Waals surface area contributed by atoms with Gasteiger partial charge in [-0.3, -0.25) is 0 Å². The van der Waals surface area contributed by atoms with Crippen molar-refractivity contribution >= 4 is 105 Å². The van der Waals surface area contributed by atoms with E-state index >= 15 is 0 Å². The summed E-state index contributed by atoms with van der Waals surface area (Å²) in [7, 11) is -16.9. The molecule has 0 fully saturated rings. The van der Waals surface area contributed by atoms with Crippen LogP contribution in [0.2, 0.25) is 320 Å². The van der Waals surface area contributed by atoms with Crippen molar-refractivity contribution in [1.82, 2.24) is 0 Å². The zero-order valence-electron chi connectivity index (χ0n) is 102. The highest BCUT2D eigenvalue weighted by molar-refractivity contribution is 6.84. The first-order valence-electron chi connectivity index (χ1n) is 65.5. The Hall–Kier alpha value is 2.82. The van der Waals surface area contributed by atoms with E-state index in [1.165, 1.54) is 205 Å². The highest BCUT2D eigenvalue weighted by Crippen LogP contribution is 2.45. The molecule has 0 aliphatic heterocycles. The van der Waals surface area contributed by atoms with Gasteiger partial charge in [0.25, 0.3) is 0 Å². The minimum atomic E-state index is -1.68. The third-order valence-electron chi connectivity index (χ3n) is 39.6. The van der Waals surface area contributed by atoms with E-state index in [-0.39, 0.29) is 0 Å². The Morgan fingerprint density at radius 3 is 0.182 bits per heavy atom. The molecular formula is C124H276Si13. The molecule has 137 heavy (non-hydrogen) atoms. The van der Waals surface area contributed by atoms with Crippen molar-refractivity contribution in [3.05, 3.63) is 0 Å². The van der Waals surface area contributed by atoms with Gasteiger partial charge in [0.15, 0.2) is 0 Å². The zero-order valence-corrected chi connectivity index (χ0v) is 115. The largest absolute Gasteiger partial charge is 0.0691 e.